The van der Waals surface area contributed by atoms with Crippen LogP contribution in [-0.2, 0) is 82.4 Å². The highest BCUT2D eigenvalue weighted by Gasteiger charge is 2.51. The number of hydrogen-bond acceptors (Lipinski definition) is 27. The van der Waals surface area contributed by atoms with Crippen molar-refractivity contribution in [3.05, 3.63) is 76.8 Å². The van der Waals surface area contributed by atoms with Crippen molar-refractivity contribution in [1.82, 2.24) is 0 Å². The monoisotopic (exact) mass is 1070 g/mol. The molecule has 1 aromatic carbocycles. The summed E-state index contributed by atoms with van der Waals surface area (Å²) in [5, 5.41) is 114. The van der Waals surface area contributed by atoms with Crippen molar-refractivity contribution < 1.29 is 132 Å². The minimum Gasteiger partial charge on any atom is -0.508 e. The molecular formula is C48H64O27. The second-order valence-electron chi connectivity index (χ2n) is 17.8. The number of rotatable bonds is 19. The third-order valence-electron chi connectivity index (χ3n) is 13.1. The third kappa shape index (κ3) is 13.7. The molecule has 0 amide bonds. The third-order valence-corrected chi connectivity index (χ3v) is 13.1. The first-order valence-electron chi connectivity index (χ1n) is 23.7. The first-order chi connectivity index (χ1) is 35.8. The first-order valence-corrected chi connectivity index (χ1v) is 23.7. The van der Waals surface area contributed by atoms with Gasteiger partial charge in [-0.3, -0.25) is 9.59 Å². The lowest BCUT2D eigenvalue weighted by Gasteiger charge is -2.42. The molecule has 0 radical (unpaired) electrons. The summed E-state index contributed by atoms with van der Waals surface area (Å²) in [7, 11) is 2.14. The van der Waals surface area contributed by atoms with E-state index in [9.17, 15) is 75.3 Å². The predicted molar refractivity (Wildman–Crippen MR) is 243 cm³/mol. The van der Waals surface area contributed by atoms with Gasteiger partial charge in [0.15, 0.2) is 25.0 Å². The van der Waals surface area contributed by atoms with Crippen LogP contribution >= 0.6 is 0 Å². The van der Waals surface area contributed by atoms with E-state index in [1.165, 1.54) is 38.1 Å². The summed E-state index contributed by atoms with van der Waals surface area (Å²) >= 11 is 0. The van der Waals surface area contributed by atoms with E-state index in [1.54, 1.807) is 12.1 Å². The number of methoxy groups -OCH3 is 2. The molecule has 27 heteroatoms. The van der Waals surface area contributed by atoms with Gasteiger partial charge in [0.2, 0.25) is 12.6 Å². The second-order valence-corrected chi connectivity index (χ2v) is 17.8. The van der Waals surface area contributed by atoms with Crippen molar-refractivity contribution in [2.45, 2.75) is 138 Å². The number of aliphatic hydroxyl groups excluding tert-OH is 10. The Balaban J connectivity index is 1.17. The molecule has 418 valence electrons. The van der Waals surface area contributed by atoms with Crippen molar-refractivity contribution >= 4 is 23.9 Å². The Labute approximate surface area is 428 Å². The minimum atomic E-state index is -2.00. The van der Waals surface area contributed by atoms with Crippen LogP contribution in [0.1, 0.15) is 32.3 Å². The van der Waals surface area contributed by atoms with Crippen LogP contribution in [0.15, 0.2) is 71.2 Å². The standard InChI is InChI=1S/C48H64O27/c1-5-22-24(26(42(62)64-3)17-68-44(22)74-46-39(60)36(57)33(54)28(15-49)70-46)13-31(52)67-19-30-35(56)38(59)41(48(72-30)66-12-11-20-7-9-21(51)10-8-20)73-32(53)14-25-23(6-2)45(69-18-27(25)43(63)65-4)75-47-40(61)37(58)34(55)29(16-50)71-47/h5-10,17-18,24-25,28-30,33-41,44-51,54-61H,11-16,19H2,1-4H3/t24?,25?,28-,29-,30-,33-,34-,35-,36+,37+,38+,39-,40-,41-,44+,45+,46+,47+,48-/m1/s1. The molecule has 75 heavy (non-hydrogen) atoms. The van der Waals surface area contributed by atoms with E-state index in [1.807, 2.05) is 0 Å². The summed E-state index contributed by atoms with van der Waals surface area (Å²) in [6, 6.07) is 6.08. The van der Waals surface area contributed by atoms with Gasteiger partial charge in [-0.05, 0) is 38.0 Å². The Morgan fingerprint density at radius 3 is 1.49 bits per heavy atom. The van der Waals surface area contributed by atoms with E-state index >= 15 is 0 Å². The van der Waals surface area contributed by atoms with Gasteiger partial charge in [-0.25, -0.2) is 9.59 Å². The fourth-order valence-corrected chi connectivity index (χ4v) is 8.88. The van der Waals surface area contributed by atoms with Crippen LogP contribution in [0.2, 0.25) is 0 Å². The molecule has 2 unspecified atom stereocenters. The van der Waals surface area contributed by atoms with Crippen molar-refractivity contribution in [2.75, 3.05) is 40.6 Å². The number of phenols is 1. The Morgan fingerprint density at radius 1 is 0.587 bits per heavy atom. The molecule has 3 saturated heterocycles. The van der Waals surface area contributed by atoms with E-state index in [-0.39, 0.29) is 41.1 Å². The number of esters is 4. The quantitative estimate of drug-likeness (QED) is 0.0360. The lowest BCUT2D eigenvalue weighted by Crippen LogP contribution is -2.61. The van der Waals surface area contributed by atoms with Crippen LogP contribution < -0.4 is 0 Å². The molecule has 27 nitrogen and oxygen atoms in total. The maximum absolute atomic E-state index is 14.0. The van der Waals surface area contributed by atoms with Gasteiger partial charge in [0, 0.05) is 23.0 Å². The maximum atomic E-state index is 14.0. The van der Waals surface area contributed by atoms with Crippen LogP contribution in [0.3, 0.4) is 0 Å². The molecule has 3 fully saturated rings. The van der Waals surface area contributed by atoms with E-state index in [0.29, 0.717) is 5.56 Å². The van der Waals surface area contributed by atoms with Crippen LogP contribution in [-0.4, -0.2) is 225 Å². The zero-order valence-electron chi connectivity index (χ0n) is 41.0. The number of phenolic OH excluding ortho intramolecular Hbond substituents is 1. The average Bonchev–Trinajstić information content (AvgIpc) is 3.40. The Kier molecular flexibility index (Phi) is 21.1. The van der Waals surface area contributed by atoms with Gasteiger partial charge < -0.3 is 113 Å². The summed E-state index contributed by atoms with van der Waals surface area (Å²) in [6.07, 6.45) is -25.2. The predicted octanol–water partition coefficient (Wildman–Crippen LogP) is -3.78. The van der Waals surface area contributed by atoms with Crippen molar-refractivity contribution in [3.63, 3.8) is 0 Å². The normalized spacial score (nSPS) is 37.1. The summed E-state index contributed by atoms with van der Waals surface area (Å²) in [6.45, 7) is 0.552. The summed E-state index contributed by atoms with van der Waals surface area (Å²) < 4.78 is 66.8. The molecule has 5 aliphatic rings. The highest BCUT2D eigenvalue weighted by atomic mass is 16.8. The molecule has 5 heterocycles. The fourth-order valence-electron chi connectivity index (χ4n) is 8.88. The van der Waals surface area contributed by atoms with Gasteiger partial charge in [0.05, 0.1) is 70.6 Å². The molecule has 0 aliphatic carbocycles. The van der Waals surface area contributed by atoms with Crippen LogP contribution in [0, 0.1) is 11.8 Å². The number of hydrogen-bond donors (Lipinski definition) is 11. The maximum Gasteiger partial charge on any atom is 0.337 e. The smallest absolute Gasteiger partial charge is 0.337 e. The van der Waals surface area contributed by atoms with Crippen molar-refractivity contribution in [1.29, 1.82) is 0 Å². The molecule has 5 aliphatic heterocycles. The average molecular weight is 1070 g/mol. The van der Waals surface area contributed by atoms with E-state index in [4.69, 9.17) is 56.8 Å². The SMILES string of the molecule is CC=C1C(CC(=O)OC[C@H]2O[C@@H](OCCc3ccc(O)cc3)[C@H](OC(=O)CC3C(C(=O)OC)=CO[C@@H](O[C@@H]4O[C@H](CO)[C@@H](O)[C@H](O)[C@H]4O)C3=CC)[C@@H](O)[C@@H]2O)C(C(=O)OC)=CO[C@H]1O[C@@H]1O[C@H](CO)[C@@H](O)[C@H](O)[C@H]1O. The molecule has 0 saturated carbocycles. The molecule has 0 spiro atoms. The van der Waals surface area contributed by atoms with Gasteiger partial charge in [-0.2, -0.15) is 0 Å². The highest BCUT2D eigenvalue weighted by Crippen LogP contribution is 2.39. The van der Waals surface area contributed by atoms with Crippen LogP contribution in [0.25, 0.3) is 0 Å². The highest BCUT2D eigenvalue weighted by molar-refractivity contribution is 5.91. The van der Waals surface area contributed by atoms with Gasteiger partial charge in [0.1, 0.15) is 79.5 Å². The molecular weight excluding hydrogens is 1010 g/mol. The minimum absolute atomic E-state index is 0.00290. The molecule has 11 N–H and O–H groups in total. The van der Waals surface area contributed by atoms with Crippen molar-refractivity contribution in [2.24, 2.45) is 11.8 Å². The van der Waals surface area contributed by atoms with E-state index in [0.717, 1.165) is 26.7 Å². The Bertz CT molecular complexity index is 2230. The summed E-state index contributed by atoms with van der Waals surface area (Å²) in [5.74, 6) is -6.43. The number of aromatic hydroxyl groups is 1. The van der Waals surface area contributed by atoms with Gasteiger partial charge in [-0.15, -0.1) is 0 Å². The van der Waals surface area contributed by atoms with Crippen molar-refractivity contribution in [3.8, 4) is 5.75 Å². The number of aliphatic hydroxyl groups is 10. The van der Waals surface area contributed by atoms with Gasteiger partial charge in [0.25, 0.3) is 0 Å². The summed E-state index contributed by atoms with van der Waals surface area (Å²) in [5.41, 5.74) is 0.466. The van der Waals surface area contributed by atoms with Crippen LogP contribution in [0.4, 0.5) is 0 Å². The fraction of sp³-hybridized carbons (Fsp3) is 0.625. The number of carbonyl (C=O) groups is 4. The lowest BCUT2D eigenvalue weighted by atomic mass is 9.86. The Hall–Kier alpha value is -5.18. The molecule has 0 aromatic heterocycles. The molecule has 19 atom stereocenters. The molecule has 6 rings (SSSR count). The second kappa shape index (κ2) is 26.7. The number of ether oxygens (including phenoxy) is 12. The van der Waals surface area contributed by atoms with Gasteiger partial charge in [-0.1, -0.05) is 24.3 Å². The molecule has 0 bridgehead atoms. The topological polar surface area (TPSA) is 402 Å². The zero-order chi connectivity index (χ0) is 54.8. The van der Waals surface area contributed by atoms with E-state index < -0.39 is 173 Å². The zero-order valence-corrected chi connectivity index (χ0v) is 41.0. The number of carbonyl (C=O) groups excluding carboxylic acids is 4. The largest absolute Gasteiger partial charge is 0.508 e. The van der Waals surface area contributed by atoms with Crippen LogP contribution in [0.5, 0.6) is 5.75 Å². The first kappa shape index (κ1) is 59.1. The number of benzene rings is 1. The Morgan fingerprint density at radius 2 is 1.04 bits per heavy atom. The van der Waals surface area contributed by atoms with Gasteiger partial charge >= 0.3 is 23.9 Å². The molecule has 1 aromatic rings. The number of allylic oxidation sites excluding steroid dienone is 2. The summed E-state index contributed by atoms with van der Waals surface area (Å²) in [4.78, 5) is 53.6. The van der Waals surface area contributed by atoms with E-state index in [2.05, 4.69) is 0 Å². The lowest BCUT2D eigenvalue weighted by molar-refractivity contribution is -0.327.